The number of rotatable bonds is 4. The molecule has 2 heterocycles. The lowest BCUT2D eigenvalue weighted by Crippen LogP contribution is -2.00. The van der Waals surface area contributed by atoms with Crippen LogP contribution in [0.25, 0.3) is 39.3 Å². The normalized spacial score (nSPS) is 10.8. The molecule has 0 N–H and O–H groups in total. The Morgan fingerprint density at radius 3 is 2.00 bits per heavy atom. The molecule has 0 fully saturated rings. The van der Waals surface area contributed by atoms with Crippen LogP contribution >= 0.6 is 11.6 Å². The minimum Gasteiger partial charge on any atom is -0.309 e. The molecule has 3 aromatic carbocycles. The molecule has 0 atom stereocenters. The summed E-state index contributed by atoms with van der Waals surface area (Å²) in [5, 5.41) is 0.707. The van der Waals surface area contributed by atoms with Crippen molar-refractivity contribution in [2.75, 3.05) is 0 Å². The first-order chi connectivity index (χ1) is 14.8. The molecule has 0 aliphatic carbocycles. The maximum Gasteiger partial charge on any atom is 0.0628 e. The van der Waals surface area contributed by atoms with Gasteiger partial charge in [-0.1, -0.05) is 78.3 Å². The van der Waals surface area contributed by atoms with Gasteiger partial charge >= 0.3 is 0 Å². The Morgan fingerprint density at radius 2 is 1.33 bits per heavy atom. The number of hydrogen-bond acceptors (Lipinski definition) is 1. The SMILES string of the molecule is Clc1cccc(-n2c(-c3ccccc3)cc(-c3ccccc3)c2-c2cccnc2)c1. The molecule has 0 aliphatic rings. The van der Waals surface area contributed by atoms with E-state index in [1.54, 1.807) is 6.20 Å². The Balaban J connectivity index is 1.90. The third kappa shape index (κ3) is 3.42. The van der Waals surface area contributed by atoms with Crippen molar-refractivity contribution in [2.45, 2.75) is 0 Å². The molecule has 3 heteroatoms. The summed E-state index contributed by atoms with van der Waals surface area (Å²) in [7, 11) is 0. The average molecular weight is 407 g/mol. The molecule has 0 unspecified atom stereocenters. The molecule has 5 aromatic rings. The van der Waals surface area contributed by atoms with Gasteiger partial charge in [0, 0.05) is 34.2 Å². The Hall–Kier alpha value is -3.62. The standard InChI is InChI=1S/C27H19ClN2/c28-23-14-7-15-24(17-23)30-26(21-11-5-2-6-12-21)18-25(20-9-3-1-4-10-20)27(30)22-13-8-16-29-19-22/h1-19H. The second-order valence-corrected chi connectivity index (χ2v) is 7.52. The highest BCUT2D eigenvalue weighted by Crippen LogP contribution is 2.41. The largest absolute Gasteiger partial charge is 0.309 e. The molecule has 2 nitrogen and oxygen atoms in total. The second kappa shape index (κ2) is 8.02. The van der Waals surface area contributed by atoms with Gasteiger partial charge in [0.25, 0.3) is 0 Å². The fourth-order valence-electron chi connectivity index (χ4n) is 3.84. The van der Waals surface area contributed by atoms with E-state index in [9.17, 15) is 0 Å². The van der Waals surface area contributed by atoms with Crippen LogP contribution < -0.4 is 0 Å². The lowest BCUT2D eigenvalue weighted by molar-refractivity contribution is 1.09. The van der Waals surface area contributed by atoms with Gasteiger partial charge in [0.05, 0.1) is 11.4 Å². The Morgan fingerprint density at radius 1 is 0.633 bits per heavy atom. The molecule has 0 saturated heterocycles. The van der Waals surface area contributed by atoms with Gasteiger partial charge < -0.3 is 4.57 Å². The van der Waals surface area contributed by atoms with Crippen molar-refractivity contribution in [2.24, 2.45) is 0 Å². The van der Waals surface area contributed by atoms with E-state index in [2.05, 4.69) is 76.3 Å². The van der Waals surface area contributed by atoms with E-state index in [1.807, 2.05) is 42.6 Å². The maximum absolute atomic E-state index is 6.39. The van der Waals surface area contributed by atoms with Crippen LogP contribution in [0.1, 0.15) is 0 Å². The van der Waals surface area contributed by atoms with Crippen molar-refractivity contribution in [3.05, 3.63) is 121 Å². The minimum absolute atomic E-state index is 0.707. The molecule has 0 saturated carbocycles. The maximum atomic E-state index is 6.39. The van der Waals surface area contributed by atoms with Crippen molar-refractivity contribution in [3.63, 3.8) is 0 Å². The fraction of sp³-hybridized carbons (Fsp3) is 0. The van der Waals surface area contributed by atoms with Gasteiger partial charge in [0.2, 0.25) is 0 Å². The molecular weight excluding hydrogens is 388 g/mol. The van der Waals surface area contributed by atoms with Gasteiger partial charge in [-0.25, -0.2) is 0 Å². The Bertz CT molecular complexity index is 1280. The van der Waals surface area contributed by atoms with Gasteiger partial charge in [0.15, 0.2) is 0 Å². The number of pyridine rings is 1. The summed E-state index contributed by atoms with van der Waals surface area (Å²) in [5.74, 6) is 0. The lowest BCUT2D eigenvalue weighted by Gasteiger charge is -2.15. The first-order valence-corrected chi connectivity index (χ1v) is 10.2. The fourth-order valence-corrected chi connectivity index (χ4v) is 4.03. The molecule has 0 spiro atoms. The molecule has 144 valence electrons. The van der Waals surface area contributed by atoms with Crippen molar-refractivity contribution >= 4 is 11.6 Å². The van der Waals surface area contributed by atoms with Gasteiger partial charge in [-0.05, 0) is 47.5 Å². The number of benzene rings is 3. The molecule has 0 aliphatic heterocycles. The van der Waals surface area contributed by atoms with E-state index in [4.69, 9.17) is 11.6 Å². The average Bonchev–Trinajstić information content (AvgIpc) is 3.22. The van der Waals surface area contributed by atoms with Crippen LogP contribution in [0.15, 0.2) is 116 Å². The van der Waals surface area contributed by atoms with Crippen molar-refractivity contribution in [3.8, 4) is 39.3 Å². The summed E-state index contributed by atoms with van der Waals surface area (Å²) in [4.78, 5) is 4.39. The van der Waals surface area contributed by atoms with Crippen LogP contribution in [0, 0.1) is 0 Å². The van der Waals surface area contributed by atoms with E-state index in [0.717, 1.165) is 39.3 Å². The first-order valence-electron chi connectivity index (χ1n) is 9.84. The molecule has 30 heavy (non-hydrogen) atoms. The number of hydrogen-bond donors (Lipinski definition) is 0. The molecule has 0 radical (unpaired) electrons. The van der Waals surface area contributed by atoms with E-state index < -0.39 is 0 Å². The van der Waals surface area contributed by atoms with Crippen molar-refractivity contribution < 1.29 is 0 Å². The van der Waals surface area contributed by atoms with Gasteiger partial charge in [-0.3, -0.25) is 4.98 Å². The number of halogens is 1. The molecule has 0 bridgehead atoms. The van der Waals surface area contributed by atoms with Crippen LogP contribution in [0.4, 0.5) is 0 Å². The van der Waals surface area contributed by atoms with Crippen molar-refractivity contribution in [1.82, 2.24) is 9.55 Å². The van der Waals surface area contributed by atoms with Gasteiger partial charge in [-0.2, -0.15) is 0 Å². The quantitative estimate of drug-likeness (QED) is 0.301. The summed E-state index contributed by atoms with van der Waals surface area (Å²) in [5.41, 5.74) is 7.73. The van der Waals surface area contributed by atoms with E-state index in [0.29, 0.717) is 5.02 Å². The highest BCUT2D eigenvalue weighted by Gasteiger charge is 2.20. The predicted octanol–water partition coefficient (Wildman–Crippen LogP) is 7.53. The Labute approximate surface area is 181 Å². The monoisotopic (exact) mass is 406 g/mol. The van der Waals surface area contributed by atoms with Crippen molar-refractivity contribution in [1.29, 1.82) is 0 Å². The molecule has 0 amide bonds. The van der Waals surface area contributed by atoms with Crippen LogP contribution in [-0.2, 0) is 0 Å². The predicted molar refractivity (Wildman–Crippen MR) is 125 cm³/mol. The molecule has 5 rings (SSSR count). The summed E-state index contributed by atoms with van der Waals surface area (Å²) in [6, 6.07) is 35.2. The van der Waals surface area contributed by atoms with Crippen LogP contribution in [0.3, 0.4) is 0 Å². The summed E-state index contributed by atoms with van der Waals surface area (Å²) in [6.07, 6.45) is 3.72. The zero-order valence-electron chi connectivity index (χ0n) is 16.2. The lowest BCUT2D eigenvalue weighted by atomic mass is 10.0. The third-order valence-electron chi connectivity index (χ3n) is 5.16. The third-order valence-corrected chi connectivity index (χ3v) is 5.39. The second-order valence-electron chi connectivity index (χ2n) is 7.08. The highest BCUT2D eigenvalue weighted by atomic mass is 35.5. The zero-order chi connectivity index (χ0) is 20.3. The number of nitrogens with zero attached hydrogens (tertiary/aromatic N) is 2. The summed E-state index contributed by atoms with van der Waals surface area (Å²) in [6.45, 7) is 0. The number of aromatic nitrogens is 2. The Kier molecular flexibility index (Phi) is 4.92. The smallest absolute Gasteiger partial charge is 0.0628 e. The summed E-state index contributed by atoms with van der Waals surface area (Å²) >= 11 is 6.39. The zero-order valence-corrected chi connectivity index (χ0v) is 17.0. The highest BCUT2D eigenvalue weighted by molar-refractivity contribution is 6.30. The van der Waals surface area contributed by atoms with E-state index in [1.165, 1.54) is 0 Å². The van der Waals surface area contributed by atoms with Gasteiger partial charge in [-0.15, -0.1) is 0 Å². The van der Waals surface area contributed by atoms with Crippen LogP contribution in [-0.4, -0.2) is 9.55 Å². The molecular formula is C27H19ClN2. The summed E-state index contributed by atoms with van der Waals surface area (Å²) < 4.78 is 2.28. The van der Waals surface area contributed by atoms with E-state index >= 15 is 0 Å². The van der Waals surface area contributed by atoms with E-state index in [-0.39, 0.29) is 0 Å². The first kappa shape index (κ1) is 18.4. The topological polar surface area (TPSA) is 17.8 Å². The van der Waals surface area contributed by atoms with Gasteiger partial charge in [0.1, 0.15) is 0 Å². The van der Waals surface area contributed by atoms with Crippen LogP contribution in [0.5, 0.6) is 0 Å². The minimum atomic E-state index is 0.707. The molecule has 2 aromatic heterocycles. The van der Waals surface area contributed by atoms with Crippen LogP contribution in [0.2, 0.25) is 5.02 Å².